The molecule has 5 nitrogen and oxygen atoms in total. The second-order valence-corrected chi connectivity index (χ2v) is 5.71. The number of aromatic hydroxyl groups is 1. The monoisotopic (exact) mass is 347 g/mol. The average Bonchev–Trinajstić information content (AvgIpc) is 2.51. The fraction of sp³-hybridized carbons (Fsp3) is 0.0625. The number of benzene rings is 2. The van der Waals surface area contributed by atoms with Crippen molar-refractivity contribution in [2.75, 3.05) is 0 Å². The number of nitrogens with zero attached hydrogens (tertiary/aromatic N) is 3. The van der Waals surface area contributed by atoms with Crippen LogP contribution in [-0.4, -0.2) is 21.0 Å². The van der Waals surface area contributed by atoms with E-state index >= 15 is 0 Å². The molecule has 0 aliphatic heterocycles. The summed E-state index contributed by atoms with van der Waals surface area (Å²) in [5.74, 6) is 0.275. The third-order valence-corrected chi connectivity index (χ3v) is 3.79. The molecule has 1 N–H and O–H groups in total. The third-order valence-electron chi connectivity index (χ3n) is 3.29. The standard InChI is InChI=1S/C16H11Cl2N3O2/c1-9-20-14-5-3-2-4-12(14)16(23)21(9)19-8-10-6-11(17)7-13(18)15(10)22/h2-8,22H,1H3/b19-8+. The molecule has 1 heterocycles. The molecule has 23 heavy (non-hydrogen) atoms. The summed E-state index contributed by atoms with van der Waals surface area (Å²) in [6.45, 7) is 1.68. The summed E-state index contributed by atoms with van der Waals surface area (Å²) < 4.78 is 1.16. The van der Waals surface area contributed by atoms with Gasteiger partial charge in [0.2, 0.25) is 0 Å². The lowest BCUT2D eigenvalue weighted by Crippen LogP contribution is -2.20. The molecule has 0 fully saturated rings. The van der Waals surface area contributed by atoms with Gasteiger partial charge in [-0.05, 0) is 31.2 Å². The van der Waals surface area contributed by atoms with Crippen LogP contribution in [0.1, 0.15) is 11.4 Å². The molecule has 0 atom stereocenters. The molecular formula is C16H11Cl2N3O2. The maximum Gasteiger partial charge on any atom is 0.282 e. The molecule has 116 valence electrons. The zero-order valence-corrected chi connectivity index (χ0v) is 13.5. The molecule has 0 unspecified atom stereocenters. The molecule has 1 aromatic heterocycles. The molecule has 0 amide bonds. The van der Waals surface area contributed by atoms with Crippen molar-refractivity contribution in [1.82, 2.24) is 9.66 Å². The van der Waals surface area contributed by atoms with Crippen molar-refractivity contribution in [2.24, 2.45) is 5.10 Å². The summed E-state index contributed by atoms with van der Waals surface area (Å²) in [6.07, 6.45) is 1.32. The van der Waals surface area contributed by atoms with Crippen molar-refractivity contribution in [1.29, 1.82) is 0 Å². The fourth-order valence-corrected chi connectivity index (χ4v) is 2.68. The van der Waals surface area contributed by atoms with Crippen LogP contribution in [0.4, 0.5) is 0 Å². The molecule has 0 aliphatic carbocycles. The zero-order chi connectivity index (χ0) is 16.6. The Balaban J connectivity index is 2.14. The first-order chi connectivity index (χ1) is 11.0. The fourth-order valence-electron chi connectivity index (χ4n) is 2.17. The number of phenols is 1. The van der Waals surface area contributed by atoms with Gasteiger partial charge in [-0.1, -0.05) is 35.3 Å². The van der Waals surface area contributed by atoms with Crippen LogP contribution in [0.2, 0.25) is 10.0 Å². The molecule has 7 heteroatoms. The Kier molecular flexibility index (Phi) is 4.07. The van der Waals surface area contributed by atoms with E-state index in [2.05, 4.69) is 10.1 Å². The van der Waals surface area contributed by atoms with Gasteiger partial charge < -0.3 is 5.11 Å². The molecule has 3 rings (SSSR count). The minimum Gasteiger partial charge on any atom is -0.506 e. The summed E-state index contributed by atoms with van der Waals surface area (Å²) in [7, 11) is 0. The predicted octanol–water partition coefficient (Wildman–Crippen LogP) is 3.60. The number of aromatic nitrogens is 2. The number of rotatable bonds is 2. The van der Waals surface area contributed by atoms with Crippen LogP contribution in [0, 0.1) is 6.92 Å². The highest BCUT2D eigenvalue weighted by Crippen LogP contribution is 2.30. The minimum atomic E-state index is -0.294. The molecule has 0 radical (unpaired) electrons. The lowest BCUT2D eigenvalue weighted by Gasteiger charge is -2.06. The normalized spacial score (nSPS) is 11.4. The van der Waals surface area contributed by atoms with Crippen molar-refractivity contribution in [3.8, 4) is 5.75 Å². The Morgan fingerprint density at radius 2 is 2.00 bits per heavy atom. The molecule has 0 saturated carbocycles. The van der Waals surface area contributed by atoms with Gasteiger partial charge in [-0.25, -0.2) is 4.98 Å². The Bertz CT molecular complexity index is 997. The van der Waals surface area contributed by atoms with E-state index in [-0.39, 0.29) is 16.3 Å². The van der Waals surface area contributed by atoms with Gasteiger partial charge in [-0.3, -0.25) is 4.79 Å². The highest BCUT2D eigenvalue weighted by molar-refractivity contribution is 6.36. The van der Waals surface area contributed by atoms with Crippen LogP contribution in [0.15, 0.2) is 46.3 Å². The summed E-state index contributed by atoms with van der Waals surface area (Å²) in [5.41, 5.74) is 0.619. The quantitative estimate of drug-likeness (QED) is 0.720. The molecule has 0 saturated heterocycles. The van der Waals surface area contributed by atoms with Crippen molar-refractivity contribution >= 4 is 40.3 Å². The number of para-hydroxylation sites is 1. The highest BCUT2D eigenvalue weighted by atomic mass is 35.5. The minimum absolute atomic E-state index is 0.111. The van der Waals surface area contributed by atoms with E-state index in [1.54, 1.807) is 25.1 Å². The van der Waals surface area contributed by atoms with Gasteiger partial charge in [0, 0.05) is 10.6 Å². The first-order valence-electron chi connectivity index (χ1n) is 6.68. The van der Waals surface area contributed by atoms with Crippen LogP contribution in [0.3, 0.4) is 0 Å². The van der Waals surface area contributed by atoms with E-state index in [4.69, 9.17) is 23.2 Å². The van der Waals surface area contributed by atoms with E-state index in [0.717, 1.165) is 4.68 Å². The summed E-state index contributed by atoms with van der Waals surface area (Å²) in [6, 6.07) is 9.95. The van der Waals surface area contributed by atoms with Gasteiger partial charge in [0.1, 0.15) is 11.6 Å². The number of halogens is 2. The van der Waals surface area contributed by atoms with E-state index in [1.165, 1.54) is 18.3 Å². The van der Waals surface area contributed by atoms with Crippen molar-refractivity contribution in [2.45, 2.75) is 6.92 Å². The smallest absolute Gasteiger partial charge is 0.282 e. The Morgan fingerprint density at radius 1 is 1.26 bits per heavy atom. The first-order valence-corrected chi connectivity index (χ1v) is 7.43. The van der Waals surface area contributed by atoms with Crippen molar-refractivity contribution in [3.05, 3.63) is 68.2 Å². The predicted molar refractivity (Wildman–Crippen MR) is 91.9 cm³/mol. The van der Waals surface area contributed by atoms with Crippen molar-refractivity contribution < 1.29 is 5.11 Å². The van der Waals surface area contributed by atoms with Gasteiger partial charge in [-0.15, -0.1) is 0 Å². The van der Waals surface area contributed by atoms with E-state index < -0.39 is 0 Å². The molecular weight excluding hydrogens is 337 g/mol. The molecule has 0 aliphatic rings. The van der Waals surface area contributed by atoms with Gasteiger partial charge in [-0.2, -0.15) is 9.78 Å². The number of fused-ring (bicyclic) bond motifs is 1. The summed E-state index contributed by atoms with van der Waals surface area (Å²) >= 11 is 11.8. The third kappa shape index (κ3) is 2.93. The van der Waals surface area contributed by atoms with Crippen LogP contribution in [0.5, 0.6) is 5.75 Å². The Labute approximate surface area is 141 Å². The van der Waals surface area contributed by atoms with Gasteiger partial charge >= 0.3 is 0 Å². The van der Waals surface area contributed by atoms with Gasteiger partial charge in [0.25, 0.3) is 5.56 Å². The second kappa shape index (κ2) is 6.02. The van der Waals surface area contributed by atoms with E-state index in [0.29, 0.717) is 27.3 Å². The first kappa shape index (κ1) is 15.5. The maximum absolute atomic E-state index is 12.5. The molecule has 3 aromatic rings. The molecule has 0 spiro atoms. The Morgan fingerprint density at radius 3 is 2.78 bits per heavy atom. The van der Waals surface area contributed by atoms with Crippen LogP contribution >= 0.6 is 23.2 Å². The van der Waals surface area contributed by atoms with Gasteiger partial charge in [0.15, 0.2) is 0 Å². The molecule has 2 aromatic carbocycles. The lowest BCUT2D eigenvalue weighted by molar-refractivity contribution is 0.474. The number of aryl methyl sites for hydroxylation is 1. The summed E-state index contributed by atoms with van der Waals surface area (Å²) in [4.78, 5) is 16.8. The highest BCUT2D eigenvalue weighted by Gasteiger charge is 2.08. The van der Waals surface area contributed by atoms with Crippen LogP contribution < -0.4 is 5.56 Å². The molecule has 0 bridgehead atoms. The number of hydrogen-bond acceptors (Lipinski definition) is 4. The van der Waals surface area contributed by atoms with Crippen LogP contribution in [0.25, 0.3) is 10.9 Å². The number of hydrogen-bond donors (Lipinski definition) is 1. The maximum atomic E-state index is 12.5. The topological polar surface area (TPSA) is 67.5 Å². The van der Waals surface area contributed by atoms with Crippen LogP contribution in [-0.2, 0) is 0 Å². The number of phenolic OH excluding ortho intramolecular Hbond substituents is 1. The summed E-state index contributed by atoms with van der Waals surface area (Å²) in [5, 5.41) is 15.0. The van der Waals surface area contributed by atoms with E-state index in [9.17, 15) is 9.90 Å². The SMILES string of the molecule is Cc1nc2ccccc2c(=O)n1/N=C/c1cc(Cl)cc(Cl)c1O. The zero-order valence-electron chi connectivity index (χ0n) is 12.0. The lowest BCUT2D eigenvalue weighted by atomic mass is 10.2. The largest absolute Gasteiger partial charge is 0.506 e. The average molecular weight is 348 g/mol. The van der Waals surface area contributed by atoms with Crippen molar-refractivity contribution in [3.63, 3.8) is 0 Å². The Hall–Kier alpha value is -2.37. The second-order valence-electron chi connectivity index (χ2n) is 4.86. The van der Waals surface area contributed by atoms with E-state index in [1.807, 2.05) is 6.07 Å². The van der Waals surface area contributed by atoms with Gasteiger partial charge in [0.05, 0.1) is 22.1 Å².